The predicted octanol–water partition coefficient (Wildman–Crippen LogP) is 2.33. The van der Waals surface area contributed by atoms with E-state index in [1.165, 1.54) is 12.0 Å². The van der Waals surface area contributed by atoms with Crippen molar-refractivity contribution >= 4 is 17.7 Å². The maximum atomic E-state index is 13.2. The summed E-state index contributed by atoms with van der Waals surface area (Å²) in [5, 5.41) is 0. The lowest BCUT2D eigenvalue weighted by Gasteiger charge is -2.38. The number of fused-ring (bicyclic) bond motifs is 3. The molecule has 0 N–H and O–H groups in total. The molecule has 0 aliphatic carbocycles. The van der Waals surface area contributed by atoms with Crippen LogP contribution in [0.5, 0.6) is 5.75 Å². The highest BCUT2D eigenvalue weighted by molar-refractivity contribution is 5.85. The van der Waals surface area contributed by atoms with E-state index in [-0.39, 0.29) is 49.3 Å². The molecular weight excluding hydrogens is 434 g/mol. The largest absolute Gasteiger partial charge is 0.489 e. The number of carbonyl (C=O) groups excluding carboxylic acids is 3. The summed E-state index contributed by atoms with van der Waals surface area (Å²) in [4.78, 5) is 44.0. The first kappa shape index (κ1) is 25.7. The van der Waals surface area contributed by atoms with Crippen LogP contribution < -0.4 is 4.74 Å². The van der Waals surface area contributed by atoms with Gasteiger partial charge in [-0.15, -0.1) is 0 Å². The van der Waals surface area contributed by atoms with Crippen LogP contribution in [0.4, 0.5) is 0 Å². The van der Waals surface area contributed by atoms with Crippen molar-refractivity contribution in [3.05, 3.63) is 42.0 Å². The summed E-state index contributed by atoms with van der Waals surface area (Å²) in [6.45, 7) is 7.05. The summed E-state index contributed by atoms with van der Waals surface area (Å²) in [5.41, 5.74) is 0.841. The molecule has 2 aliphatic rings. The Bertz CT molecular complexity index is 883. The molecule has 2 aliphatic heterocycles. The maximum absolute atomic E-state index is 13.2. The van der Waals surface area contributed by atoms with E-state index in [2.05, 4.69) is 6.08 Å². The molecule has 3 amide bonds. The van der Waals surface area contributed by atoms with E-state index in [1.54, 1.807) is 0 Å². The number of amides is 3. The van der Waals surface area contributed by atoms with Crippen LogP contribution in [-0.4, -0.2) is 85.5 Å². The number of para-hydroxylation sites is 1. The molecule has 0 aromatic heterocycles. The molecular formula is C26H37N3O5. The molecule has 34 heavy (non-hydrogen) atoms. The number of rotatable bonds is 6. The summed E-state index contributed by atoms with van der Waals surface area (Å²) >= 11 is 0. The first-order valence-electron chi connectivity index (χ1n) is 12.2. The van der Waals surface area contributed by atoms with E-state index in [9.17, 15) is 14.4 Å². The Morgan fingerprint density at radius 3 is 2.68 bits per heavy atom. The normalized spacial score (nSPS) is 21.0. The van der Waals surface area contributed by atoms with Gasteiger partial charge in [-0.2, -0.15) is 0 Å². The average molecular weight is 472 g/mol. The molecule has 1 saturated heterocycles. The lowest BCUT2D eigenvalue weighted by atomic mass is 9.82. The van der Waals surface area contributed by atoms with E-state index >= 15 is 0 Å². The molecule has 1 fully saturated rings. The SMILES string of the molecule is CCN(CC)C(=O)C[C@@H]1CCN2C[C@@H]1C=CCOc1ccccc1CN(C(=O)COC)CC2=O. The van der Waals surface area contributed by atoms with Crippen LogP contribution >= 0.6 is 0 Å². The standard InChI is InChI=1S/C26H37N3O5/c1-4-27(5-2)24(30)15-20-12-13-28-16-21(20)10-8-14-34-23-11-7-6-9-22(23)17-29(18-25(28)31)26(32)19-33-3/h6-11,20-21H,4-5,12-19H2,1-3H3/t20-,21-/m0/s1. The minimum Gasteiger partial charge on any atom is -0.489 e. The third-order valence-electron chi connectivity index (χ3n) is 6.71. The third kappa shape index (κ3) is 6.59. The molecule has 0 radical (unpaired) electrons. The van der Waals surface area contributed by atoms with E-state index < -0.39 is 0 Å². The van der Waals surface area contributed by atoms with E-state index in [4.69, 9.17) is 9.47 Å². The van der Waals surface area contributed by atoms with Crippen LogP contribution in [0.1, 0.15) is 32.3 Å². The molecule has 186 valence electrons. The molecule has 0 unspecified atom stereocenters. The molecule has 0 spiro atoms. The lowest BCUT2D eigenvalue weighted by Crippen LogP contribution is -2.49. The van der Waals surface area contributed by atoms with Crippen molar-refractivity contribution in [3.8, 4) is 5.75 Å². The van der Waals surface area contributed by atoms with Gasteiger partial charge in [0.25, 0.3) is 0 Å². The molecule has 0 saturated carbocycles. The van der Waals surface area contributed by atoms with Crippen molar-refractivity contribution in [2.45, 2.75) is 33.2 Å². The highest BCUT2D eigenvalue weighted by atomic mass is 16.5. The highest BCUT2D eigenvalue weighted by Gasteiger charge is 2.33. The molecule has 1 aromatic carbocycles. The summed E-state index contributed by atoms with van der Waals surface area (Å²) < 4.78 is 11.1. The fraction of sp³-hybridized carbons (Fsp3) is 0.577. The Morgan fingerprint density at radius 1 is 1.18 bits per heavy atom. The van der Waals surface area contributed by atoms with E-state index in [0.717, 1.165) is 12.0 Å². The Morgan fingerprint density at radius 2 is 1.94 bits per heavy atom. The molecule has 8 nitrogen and oxygen atoms in total. The topological polar surface area (TPSA) is 79.4 Å². The fourth-order valence-electron chi connectivity index (χ4n) is 4.72. The number of benzene rings is 1. The van der Waals surface area contributed by atoms with Crippen LogP contribution in [-0.2, 0) is 25.7 Å². The third-order valence-corrected chi connectivity index (χ3v) is 6.71. The maximum Gasteiger partial charge on any atom is 0.249 e. The summed E-state index contributed by atoms with van der Waals surface area (Å²) in [6.07, 6.45) is 5.30. The van der Waals surface area contributed by atoms with E-state index in [1.807, 2.05) is 54.0 Å². The summed E-state index contributed by atoms with van der Waals surface area (Å²) in [5.74, 6) is 0.735. The van der Waals surface area contributed by atoms with Crippen LogP contribution in [0.25, 0.3) is 0 Å². The number of ether oxygens (including phenoxy) is 2. The quantitative estimate of drug-likeness (QED) is 0.595. The van der Waals surface area contributed by atoms with Gasteiger partial charge in [0.1, 0.15) is 25.5 Å². The first-order valence-corrected chi connectivity index (χ1v) is 12.2. The van der Waals surface area contributed by atoms with Crippen molar-refractivity contribution in [2.75, 3.05) is 53.0 Å². The van der Waals surface area contributed by atoms with Gasteiger partial charge in [-0.25, -0.2) is 0 Å². The van der Waals surface area contributed by atoms with Crippen LogP contribution in [0.3, 0.4) is 0 Å². The number of hydrogen-bond acceptors (Lipinski definition) is 5. The molecule has 2 heterocycles. The number of carbonyl (C=O) groups is 3. The van der Waals surface area contributed by atoms with E-state index in [0.29, 0.717) is 45.0 Å². The van der Waals surface area contributed by atoms with Gasteiger partial charge in [0, 0.05) is 51.8 Å². The Hall–Kier alpha value is -2.87. The molecule has 2 atom stereocenters. The first-order chi connectivity index (χ1) is 16.5. The second kappa shape index (κ2) is 12.6. The minimum atomic E-state index is -0.241. The minimum absolute atomic E-state index is 0.0179. The van der Waals surface area contributed by atoms with Gasteiger partial charge in [-0.3, -0.25) is 14.4 Å². The van der Waals surface area contributed by atoms with Gasteiger partial charge in [-0.05, 0) is 38.2 Å². The summed E-state index contributed by atoms with van der Waals surface area (Å²) in [6, 6.07) is 7.56. The molecule has 1 aromatic rings. The molecule has 3 rings (SSSR count). The zero-order valence-electron chi connectivity index (χ0n) is 20.6. The van der Waals surface area contributed by atoms with Crippen LogP contribution in [0.2, 0.25) is 0 Å². The van der Waals surface area contributed by atoms with Crippen LogP contribution in [0, 0.1) is 11.8 Å². The number of methoxy groups -OCH3 is 1. The Kier molecular flexibility index (Phi) is 9.51. The van der Waals surface area contributed by atoms with Crippen molar-refractivity contribution in [1.29, 1.82) is 0 Å². The smallest absolute Gasteiger partial charge is 0.249 e. The zero-order chi connectivity index (χ0) is 24.5. The second-order valence-corrected chi connectivity index (χ2v) is 8.85. The van der Waals surface area contributed by atoms with Crippen LogP contribution in [0.15, 0.2) is 36.4 Å². The van der Waals surface area contributed by atoms with Gasteiger partial charge in [0.15, 0.2) is 0 Å². The van der Waals surface area contributed by atoms with Gasteiger partial charge < -0.3 is 24.2 Å². The van der Waals surface area contributed by atoms with Gasteiger partial charge in [0.2, 0.25) is 17.7 Å². The molecule has 2 bridgehead atoms. The Balaban J connectivity index is 1.84. The predicted molar refractivity (Wildman–Crippen MR) is 129 cm³/mol. The van der Waals surface area contributed by atoms with Gasteiger partial charge in [-0.1, -0.05) is 30.4 Å². The van der Waals surface area contributed by atoms with Crippen molar-refractivity contribution < 1.29 is 23.9 Å². The number of piperidine rings is 1. The van der Waals surface area contributed by atoms with Gasteiger partial charge in [0.05, 0.1) is 0 Å². The van der Waals surface area contributed by atoms with Gasteiger partial charge >= 0.3 is 0 Å². The highest BCUT2D eigenvalue weighted by Crippen LogP contribution is 2.29. The second-order valence-electron chi connectivity index (χ2n) is 8.85. The Labute approximate surface area is 202 Å². The average Bonchev–Trinajstić information content (AvgIpc) is 2.84. The zero-order valence-corrected chi connectivity index (χ0v) is 20.6. The lowest BCUT2D eigenvalue weighted by molar-refractivity contribution is -0.144. The number of nitrogens with zero attached hydrogens (tertiary/aromatic N) is 3. The van der Waals surface area contributed by atoms with Crippen molar-refractivity contribution in [3.63, 3.8) is 0 Å². The fourth-order valence-corrected chi connectivity index (χ4v) is 4.72. The number of hydrogen-bond donors (Lipinski definition) is 0. The monoisotopic (exact) mass is 471 g/mol. The van der Waals surface area contributed by atoms with Crippen molar-refractivity contribution in [2.24, 2.45) is 11.8 Å². The van der Waals surface area contributed by atoms with Crippen molar-refractivity contribution in [1.82, 2.24) is 14.7 Å². The molecule has 8 heteroatoms. The summed E-state index contributed by atoms with van der Waals surface area (Å²) in [7, 11) is 1.47.